The monoisotopic (exact) mass is 579 g/mol. The number of nitro groups is 1. The molecular formula is C22H17N3O8S4. The number of ether oxygens (including phenoxy) is 1. The Labute approximate surface area is 219 Å². The summed E-state index contributed by atoms with van der Waals surface area (Å²) in [5, 5.41) is 14.0. The Bertz CT molecular complexity index is 1550. The molecule has 192 valence electrons. The zero-order valence-electron chi connectivity index (χ0n) is 18.6. The lowest BCUT2D eigenvalue weighted by Crippen LogP contribution is -2.15. The molecule has 15 heteroatoms. The second-order valence-electron chi connectivity index (χ2n) is 7.37. The number of hydrogen-bond acceptors (Lipinski definition) is 10. The standard InChI is InChI=1S/C22H17N3O8S4/c26-22(33-14-15-5-7-19(8-6-15)25(27)28)16-11-17(23-36(29,30)20-3-1-9-34-20)13-18(12-16)24-37(31,32)21-4-2-10-35-21/h1-13,23-24H,14H2. The number of carbonyl (C=O) groups is 1. The van der Waals surface area contributed by atoms with Crippen LogP contribution in [0.1, 0.15) is 15.9 Å². The van der Waals surface area contributed by atoms with E-state index in [2.05, 4.69) is 9.44 Å². The molecule has 4 aromatic rings. The highest BCUT2D eigenvalue weighted by Gasteiger charge is 2.21. The topological polar surface area (TPSA) is 162 Å². The summed E-state index contributed by atoms with van der Waals surface area (Å²) >= 11 is 1.97. The third kappa shape index (κ3) is 6.51. The van der Waals surface area contributed by atoms with Crippen LogP contribution in [-0.2, 0) is 31.4 Å². The third-order valence-electron chi connectivity index (χ3n) is 4.71. The molecule has 0 bridgehead atoms. The van der Waals surface area contributed by atoms with Crippen LogP contribution in [0.4, 0.5) is 17.1 Å². The van der Waals surface area contributed by atoms with Crippen molar-refractivity contribution >= 4 is 65.8 Å². The number of non-ortho nitro benzene ring substituents is 1. The second kappa shape index (κ2) is 10.7. The van der Waals surface area contributed by atoms with Crippen LogP contribution >= 0.6 is 22.7 Å². The van der Waals surface area contributed by atoms with E-state index in [-0.39, 0.29) is 37.7 Å². The van der Waals surface area contributed by atoms with Crippen molar-refractivity contribution in [3.63, 3.8) is 0 Å². The highest BCUT2D eigenvalue weighted by molar-refractivity contribution is 7.95. The molecule has 0 aliphatic heterocycles. The zero-order chi connectivity index (χ0) is 26.6. The van der Waals surface area contributed by atoms with Crippen LogP contribution in [0.15, 0.2) is 85.9 Å². The Morgan fingerprint density at radius 3 is 1.78 bits per heavy atom. The van der Waals surface area contributed by atoms with E-state index in [4.69, 9.17) is 4.74 Å². The van der Waals surface area contributed by atoms with E-state index in [0.29, 0.717) is 5.56 Å². The fourth-order valence-electron chi connectivity index (χ4n) is 3.05. The molecule has 4 rings (SSSR count). The summed E-state index contributed by atoms with van der Waals surface area (Å²) < 4.78 is 60.9. The van der Waals surface area contributed by atoms with Crippen molar-refractivity contribution in [2.24, 2.45) is 0 Å². The number of thiophene rings is 2. The Morgan fingerprint density at radius 2 is 1.35 bits per heavy atom. The highest BCUT2D eigenvalue weighted by Crippen LogP contribution is 2.27. The summed E-state index contributed by atoms with van der Waals surface area (Å²) in [4.78, 5) is 23.0. The minimum atomic E-state index is -4.00. The Morgan fingerprint density at radius 1 is 0.838 bits per heavy atom. The molecule has 0 aliphatic carbocycles. The molecule has 0 spiro atoms. The maximum Gasteiger partial charge on any atom is 0.338 e. The first-order chi connectivity index (χ1) is 17.5. The predicted octanol–water partition coefficient (Wildman–Crippen LogP) is 4.68. The number of hydrogen-bond donors (Lipinski definition) is 2. The van der Waals surface area contributed by atoms with Crippen LogP contribution in [0.5, 0.6) is 0 Å². The van der Waals surface area contributed by atoms with Gasteiger partial charge in [0.25, 0.3) is 25.7 Å². The SMILES string of the molecule is O=C(OCc1ccc([N+](=O)[O-])cc1)c1cc(NS(=O)(=O)c2cccs2)cc(NS(=O)(=O)c2cccs2)c1. The largest absolute Gasteiger partial charge is 0.457 e. The molecule has 0 radical (unpaired) electrons. The fourth-order valence-corrected chi connectivity index (χ4v) is 7.12. The number of nitrogens with zero attached hydrogens (tertiary/aromatic N) is 1. The fraction of sp³-hybridized carbons (Fsp3) is 0.0455. The summed E-state index contributed by atoms with van der Waals surface area (Å²) in [5.74, 6) is -0.868. The van der Waals surface area contributed by atoms with Crippen molar-refractivity contribution in [1.29, 1.82) is 0 Å². The van der Waals surface area contributed by atoms with Crippen molar-refractivity contribution in [2.75, 3.05) is 9.44 Å². The molecule has 0 amide bonds. The molecule has 2 aromatic heterocycles. The molecule has 2 heterocycles. The highest BCUT2D eigenvalue weighted by atomic mass is 32.3. The van der Waals surface area contributed by atoms with Gasteiger partial charge in [-0.1, -0.05) is 12.1 Å². The molecular weight excluding hydrogens is 563 g/mol. The van der Waals surface area contributed by atoms with E-state index < -0.39 is 30.9 Å². The molecule has 0 atom stereocenters. The lowest BCUT2D eigenvalue weighted by atomic mass is 10.2. The van der Waals surface area contributed by atoms with E-state index in [9.17, 15) is 31.7 Å². The molecule has 2 N–H and O–H groups in total. The van der Waals surface area contributed by atoms with Gasteiger partial charge in [-0.2, -0.15) is 0 Å². The second-order valence-corrected chi connectivity index (χ2v) is 13.1. The summed E-state index contributed by atoms with van der Waals surface area (Å²) in [5.41, 5.74) is 0.0943. The number of nitro benzene ring substituents is 1. The first kappa shape index (κ1) is 26.3. The van der Waals surface area contributed by atoms with Crippen molar-refractivity contribution < 1.29 is 31.3 Å². The summed E-state index contributed by atoms with van der Waals surface area (Å²) in [6, 6.07) is 15.0. The Kier molecular flexibility index (Phi) is 7.58. The van der Waals surface area contributed by atoms with Crippen LogP contribution in [0, 0.1) is 10.1 Å². The van der Waals surface area contributed by atoms with Gasteiger partial charge in [-0.15, -0.1) is 22.7 Å². The van der Waals surface area contributed by atoms with E-state index >= 15 is 0 Å². The van der Waals surface area contributed by atoms with Gasteiger partial charge in [0.05, 0.1) is 21.9 Å². The van der Waals surface area contributed by atoms with Gasteiger partial charge >= 0.3 is 5.97 Å². The van der Waals surface area contributed by atoms with Crippen molar-refractivity contribution in [3.05, 3.63) is 98.7 Å². The van der Waals surface area contributed by atoms with Gasteiger partial charge in [0.2, 0.25) is 0 Å². The minimum Gasteiger partial charge on any atom is -0.457 e. The maximum absolute atomic E-state index is 12.8. The van der Waals surface area contributed by atoms with Crippen molar-refractivity contribution in [2.45, 2.75) is 15.0 Å². The average molecular weight is 580 g/mol. The maximum atomic E-state index is 12.8. The number of nitrogens with one attached hydrogen (secondary N) is 2. The number of benzene rings is 2. The van der Waals surface area contributed by atoms with E-state index in [0.717, 1.165) is 22.7 Å². The normalized spacial score (nSPS) is 11.6. The summed E-state index contributed by atoms with van der Waals surface area (Å²) in [6.07, 6.45) is 0. The molecule has 11 nitrogen and oxygen atoms in total. The van der Waals surface area contributed by atoms with Gasteiger partial charge < -0.3 is 4.74 Å². The molecule has 0 aliphatic rings. The number of anilines is 2. The van der Waals surface area contributed by atoms with Crippen LogP contribution in [-0.4, -0.2) is 27.7 Å². The Balaban J connectivity index is 1.61. The minimum absolute atomic E-state index is 0.0272. The predicted molar refractivity (Wildman–Crippen MR) is 139 cm³/mol. The summed E-state index contributed by atoms with van der Waals surface area (Å²) in [7, 11) is -7.99. The lowest BCUT2D eigenvalue weighted by Gasteiger charge is -2.13. The van der Waals surface area contributed by atoms with Gasteiger partial charge in [-0.3, -0.25) is 19.6 Å². The number of rotatable bonds is 10. The van der Waals surface area contributed by atoms with Gasteiger partial charge in [0, 0.05) is 12.1 Å². The molecule has 0 saturated heterocycles. The van der Waals surface area contributed by atoms with E-state index in [1.165, 1.54) is 54.6 Å². The molecule has 0 fully saturated rings. The van der Waals surface area contributed by atoms with Gasteiger partial charge in [-0.05, 0) is 58.8 Å². The van der Waals surface area contributed by atoms with Crippen LogP contribution < -0.4 is 9.44 Å². The van der Waals surface area contributed by atoms with Crippen LogP contribution in [0.25, 0.3) is 0 Å². The lowest BCUT2D eigenvalue weighted by molar-refractivity contribution is -0.384. The third-order valence-corrected chi connectivity index (χ3v) is 10.3. The molecule has 0 saturated carbocycles. The molecule has 0 unspecified atom stereocenters. The van der Waals surface area contributed by atoms with Crippen molar-refractivity contribution in [3.8, 4) is 0 Å². The van der Waals surface area contributed by atoms with Crippen molar-refractivity contribution in [1.82, 2.24) is 0 Å². The number of sulfonamides is 2. The van der Waals surface area contributed by atoms with Crippen LogP contribution in [0.2, 0.25) is 0 Å². The zero-order valence-corrected chi connectivity index (χ0v) is 21.8. The van der Waals surface area contributed by atoms with Gasteiger partial charge in [0.15, 0.2) is 0 Å². The summed E-state index contributed by atoms with van der Waals surface area (Å²) in [6.45, 7) is -0.224. The number of esters is 1. The van der Waals surface area contributed by atoms with Gasteiger partial charge in [0.1, 0.15) is 15.0 Å². The van der Waals surface area contributed by atoms with Crippen LogP contribution in [0.3, 0.4) is 0 Å². The molecule has 2 aromatic carbocycles. The smallest absolute Gasteiger partial charge is 0.338 e. The Hall–Kier alpha value is -3.79. The quantitative estimate of drug-likeness (QED) is 0.155. The average Bonchev–Trinajstić information content (AvgIpc) is 3.57. The number of carbonyl (C=O) groups excluding carboxylic acids is 1. The first-order valence-corrected chi connectivity index (χ1v) is 14.9. The molecule has 37 heavy (non-hydrogen) atoms. The first-order valence-electron chi connectivity index (χ1n) is 10.2. The van der Waals surface area contributed by atoms with E-state index in [1.54, 1.807) is 22.9 Å². The van der Waals surface area contributed by atoms with Gasteiger partial charge in [-0.25, -0.2) is 21.6 Å². The van der Waals surface area contributed by atoms with E-state index in [1.807, 2.05) is 0 Å².